The molecule has 2 amide bonds. The molecule has 0 saturated carbocycles. The lowest BCUT2D eigenvalue weighted by molar-refractivity contribution is -0.140. The third-order valence-electron chi connectivity index (χ3n) is 5.39. The first kappa shape index (κ1) is 35.1. The first-order valence-electron chi connectivity index (χ1n) is 11.1. The Morgan fingerprint density at radius 1 is 0.952 bits per heavy atom. The summed E-state index contributed by atoms with van der Waals surface area (Å²) >= 11 is 11.2. The SMILES string of the molecule is C[C@@H](NC(=O)c1ccc(/C(F)=C/C(c2cc(Cl)c(Cl)c(C(F)F)c2)C(F)(F)F)cc1C(F)(F)F)C(=O)NCC(F)(F)F. The summed E-state index contributed by atoms with van der Waals surface area (Å²) in [4.78, 5) is 24.1. The van der Waals surface area contributed by atoms with E-state index in [9.17, 15) is 62.3 Å². The molecule has 0 saturated heterocycles. The topological polar surface area (TPSA) is 58.2 Å². The number of nitrogens with one attached hydrogen (secondary N) is 2. The second kappa shape index (κ2) is 13.0. The van der Waals surface area contributed by atoms with E-state index in [1.54, 1.807) is 5.32 Å². The molecule has 2 aromatic rings. The molecule has 0 aromatic heterocycles. The normalized spacial score (nSPS) is 14.5. The maximum Gasteiger partial charge on any atom is 0.417 e. The van der Waals surface area contributed by atoms with Crippen molar-refractivity contribution in [1.82, 2.24) is 10.6 Å². The zero-order valence-corrected chi connectivity index (χ0v) is 22.0. The van der Waals surface area contributed by atoms with Gasteiger partial charge in [-0.25, -0.2) is 13.2 Å². The van der Waals surface area contributed by atoms with Gasteiger partial charge in [0.25, 0.3) is 12.3 Å². The van der Waals surface area contributed by atoms with E-state index in [0.717, 1.165) is 6.92 Å². The molecule has 42 heavy (non-hydrogen) atoms. The van der Waals surface area contributed by atoms with Gasteiger partial charge in [-0.1, -0.05) is 29.3 Å². The van der Waals surface area contributed by atoms with Crippen molar-refractivity contribution < 1.29 is 62.3 Å². The molecule has 2 rings (SSSR count). The van der Waals surface area contributed by atoms with Crippen molar-refractivity contribution in [1.29, 1.82) is 0 Å². The second-order valence-electron chi connectivity index (χ2n) is 8.53. The fourth-order valence-corrected chi connectivity index (χ4v) is 3.83. The maximum atomic E-state index is 15.0. The van der Waals surface area contributed by atoms with Gasteiger partial charge >= 0.3 is 18.5 Å². The van der Waals surface area contributed by atoms with Crippen LogP contribution in [0.3, 0.4) is 0 Å². The Kier molecular flexibility index (Phi) is 10.9. The van der Waals surface area contributed by atoms with Crippen molar-refractivity contribution in [3.8, 4) is 0 Å². The molecule has 0 radical (unpaired) electrons. The van der Waals surface area contributed by atoms with Crippen LogP contribution in [0, 0.1) is 0 Å². The highest BCUT2D eigenvalue weighted by molar-refractivity contribution is 6.42. The average molecular weight is 663 g/mol. The van der Waals surface area contributed by atoms with Crippen LogP contribution in [0.2, 0.25) is 10.0 Å². The van der Waals surface area contributed by atoms with Crippen LogP contribution in [-0.4, -0.2) is 36.8 Å². The van der Waals surface area contributed by atoms with Gasteiger partial charge in [0.2, 0.25) is 5.91 Å². The molecular formula is C24H16Cl2F12N2O2. The van der Waals surface area contributed by atoms with E-state index in [2.05, 4.69) is 0 Å². The van der Waals surface area contributed by atoms with Crippen LogP contribution in [0.4, 0.5) is 52.7 Å². The third-order valence-corrected chi connectivity index (χ3v) is 6.20. The number of amides is 2. The van der Waals surface area contributed by atoms with E-state index in [4.69, 9.17) is 23.2 Å². The highest BCUT2D eigenvalue weighted by Gasteiger charge is 2.41. The van der Waals surface area contributed by atoms with E-state index in [-0.39, 0.29) is 12.1 Å². The summed E-state index contributed by atoms with van der Waals surface area (Å²) < 4.78 is 161. The third kappa shape index (κ3) is 9.18. The van der Waals surface area contributed by atoms with E-state index in [0.29, 0.717) is 24.3 Å². The first-order chi connectivity index (χ1) is 19.0. The smallest absolute Gasteiger partial charge is 0.345 e. The minimum absolute atomic E-state index is 0.0258. The molecule has 0 bridgehead atoms. The molecule has 2 N–H and O–H groups in total. The molecule has 0 aliphatic carbocycles. The largest absolute Gasteiger partial charge is 0.417 e. The highest BCUT2D eigenvalue weighted by atomic mass is 35.5. The molecule has 1 unspecified atom stereocenters. The molecule has 2 aromatic carbocycles. The van der Waals surface area contributed by atoms with Crippen LogP contribution in [-0.2, 0) is 11.0 Å². The van der Waals surface area contributed by atoms with Gasteiger partial charge in [-0.3, -0.25) is 9.59 Å². The number of benzene rings is 2. The first-order valence-corrected chi connectivity index (χ1v) is 11.9. The van der Waals surface area contributed by atoms with E-state index < -0.39 is 99.0 Å². The lowest BCUT2D eigenvalue weighted by Crippen LogP contribution is -2.47. The van der Waals surface area contributed by atoms with Gasteiger partial charge in [-0.05, 0) is 42.8 Å². The number of halogens is 14. The molecular weight excluding hydrogens is 647 g/mol. The minimum atomic E-state index is -5.41. The van der Waals surface area contributed by atoms with Gasteiger partial charge in [0.05, 0.1) is 21.2 Å². The average Bonchev–Trinajstić information content (AvgIpc) is 2.84. The molecule has 18 heteroatoms. The van der Waals surface area contributed by atoms with E-state index >= 15 is 0 Å². The molecule has 0 aliphatic heterocycles. The van der Waals surface area contributed by atoms with E-state index in [1.807, 2.05) is 0 Å². The number of hydrogen-bond donors (Lipinski definition) is 2. The van der Waals surface area contributed by atoms with Gasteiger partial charge in [0.15, 0.2) is 0 Å². The number of alkyl halides is 11. The van der Waals surface area contributed by atoms with Crippen molar-refractivity contribution in [3.63, 3.8) is 0 Å². The van der Waals surface area contributed by atoms with Crippen LogP contribution < -0.4 is 10.6 Å². The molecule has 4 nitrogen and oxygen atoms in total. The number of hydrogen-bond acceptors (Lipinski definition) is 2. The van der Waals surface area contributed by atoms with Crippen LogP contribution >= 0.6 is 23.2 Å². The second-order valence-corrected chi connectivity index (χ2v) is 9.31. The van der Waals surface area contributed by atoms with Gasteiger partial charge in [-0.15, -0.1) is 0 Å². The summed E-state index contributed by atoms with van der Waals surface area (Å²) in [5, 5.41) is 1.63. The summed E-state index contributed by atoms with van der Waals surface area (Å²) in [6.45, 7) is -0.946. The quantitative estimate of drug-likeness (QED) is 0.279. The Bertz CT molecular complexity index is 1350. The summed E-state index contributed by atoms with van der Waals surface area (Å²) in [6.07, 6.45) is -19.2. The number of allylic oxidation sites excluding steroid dienone is 1. The zero-order chi connectivity index (χ0) is 32.4. The Morgan fingerprint density at radius 2 is 1.55 bits per heavy atom. The number of rotatable bonds is 8. The van der Waals surface area contributed by atoms with Gasteiger partial charge < -0.3 is 10.6 Å². The predicted octanol–water partition coefficient (Wildman–Crippen LogP) is 8.40. The maximum absolute atomic E-state index is 15.0. The lowest BCUT2D eigenvalue weighted by atomic mass is 9.94. The van der Waals surface area contributed by atoms with Crippen LogP contribution in [0.15, 0.2) is 36.4 Å². The molecule has 2 atom stereocenters. The molecule has 0 spiro atoms. The van der Waals surface area contributed by atoms with Gasteiger partial charge in [-0.2, -0.15) is 39.5 Å². The van der Waals surface area contributed by atoms with Crippen molar-refractivity contribution in [2.45, 2.75) is 43.8 Å². The summed E-state index contributed by atoms with van der Waals surface area (Å²) in [5.74, 6) is -7.93. The Labute approximate surface area is 238 Å². The predicted molar refractivity (Wildman–Crippen MR) is 127 cm³/mol. The lowest BCUT2D eigenvalue weighted by Gasteiger charge is -2.20. The Morgan fingerprint density at radius 3 is 2.05 bits per heavy atom. The van der Waals surface area contributed by atoms with Crippen LogP contribution in [0.25, 0.3) is 5.83 Å². The fourth-order valence-electron chi connectivity index (χ4n) is 3.40. The van der Waals surface area contributed by atoms with Crippen molar-refractivity contribution in [3.05, 3.63) is 74.3 Å². The van der Waals surface area contributed by atoms with Crippen molar-refractivity contribution >= 4 is 40.8 Å². The molecule has 0 fully saturated rings. The van der Waals surface area contributed by atoms with Crippen LogP contribution in [0.5, 0.6) is 0 Å². The standard InChI is InChI=1S/C24H16Cl2F12N2O2/c1-9(20(41)39-8-22(30,31)32)40-21(42)12-3-2-10(5-15(12)24(36,37)38)17(27)7-14(23(33,34)35)11-4-13(19(28)29)18(26)16(25)6-11/h2-7,9,14,19H,8H2,1H3,(H,39,41)(H,40,42)/b17-7-/t9-,14?/m1/s1. The van der Waals surface area contributed by atoms with Gasteiger partial charge in [0.1, 0.15) is 24.3 Å². The number of carbonyl (C=O) groups is 2. The minimum Gasteiger partial charge on any atom is -0.345 e. The molecule has 0 aliphatic rings. The van der Waals surface area contributed by atoms with Crippen molar-refractivity contribution in [2.24, 2.45) is 0 Å². The Hall–Kier alpha value is -3.14. The zero-order valence-electron chi connectivity index (χ0n) is 20.5. The Balaban J connectivity index is 2.50. The van der Waals surface area contributed by atoms with Gasteiger partial charge in [0, 0.05) is 11.1 Å². The summed E-state index contributed by atoms with van der Waals surface area (Å²) in [6, 6.07) is -0.120. The monoisotopic (exact) mass is 662 g/mol. The summed E-state index contributed by atoms with van der Waals surface area (Å²) in [5.41, 5.74) is -6.35. The molecule has 232 valence electrons. The highest BCUT2D eigenvalue weighted by Crippen LogP contribution is 2.43. The van der Waals surface area contributed by atoms with E-state index in [1.165, 1.54) is 5.32 Å². The number of carbonyl (C=O) groups excluding carboxylic acids is 2. The van der Waals surface area contributed by atoms with Crippen molar-refractivity contribution in [2.75, 3.05) is 6.54 Å². The molecule has 0 heterocycles. The van der Waals surface area contributed by atoms with Crippen LogP contribution in [0.1, 0.15) is 51.9 Å². The fraction of sp³-hybridized carbons (Fsp3) is 0.333. The summed E-state index contributed by atoms with van der Waals surface area (Å²) in [7, 11) is 0.